The molecule has 49 heavy (non-hydrogen) atoms. The van der Waals surface area contributed by atoms with Crippen molar-refractivity contribution in [3.05, 3.63) is 89.0 Å². The lowest BCUT2D eigenvalue weighted by Crippen LogP contribution is -2.54. The van der Waals surface area contributed by atoms with Crippen LogP contribution in [-0.2, 0) is 32.9 Å². The molecule has 8 nitrogen and oxygen atoms in total. The monoisotopic (exact) mass is 680 g/mol. The van der Waals surface area contributed by atoms with Crippen molar-refractivity contribution in [3.8, 4) is 11.5 Å². The van der Waals surface area contributed by atoms with Gasteiger partial charge in [0, 0.05) is 23.6 Å². The highest BCUT2D eigenvalue weighted by molar-refractivity contribution is 6.91. The molecule has 0 saturated carbocycles. The van der Waals surface area contributed by atoms with Crippen molar-refractivity contribution in [1.82, 2.24) is 4.90 Å². The zero-order valence-corrected chi connectivity index (χ0v) is 30.9. The molecule has 1 saturated heterocycles. The van der Waals surface area contributed by atoms with Gasteiger partial charge in [0.05, 0.1) is 58.7 Å². The zero-order chi connectivity index (χ0) is 35.0. The van der Waals surface area contributed by atoms with Gasteiger partial charge in [-0.05, 0) is 73.7 Å². The van der Waals surface area contributed by atoms with Crippen molar-refractivity contribution in [2.45, 2.75) is 89.0 Å². The number of carbonyl (C=O) groups is 2. The van der Waals surface area contributed by atoms with Gasteiger partial charge in [0.15, 0.2) is 5.60 Å². The zero-order valence-electron chi connectivity index (χ0n) is 29.9. The van der Waals surface area contributed by atoms with Gasteiger partial charge in [-0.25, -0.2) is 0 Å². The van der Waals surface area contributed by atoms with Gasteiger partial charge in [-0.2, -0.15) is 0 Å². The maximum atomic E-state index is 15.2. The maximum Gasteiger partial charge on any atom is 0.265 e. The van der Waals surface area contributed by atoms with Gasteiger partial charge < -0.3 is 24.2 Å². The van der Waals surface area contributed by atoms with Gasteiger partial charge in [-0.3, -0.25) is 14.5 Å². The molecular formula is C40H48N2O6Si. The Morgan fingerprint density at radius 1 is 1.02 bits per heavy atom. The van der Waals surface area contributed by atoms with E-state index in [1.54, 1.807) is 14.2 Å². The van der Waals surface area contributed by atoms with Crippen LogP contribution in [0, 0.1) is 5.92 Å². The summed E-state index contributed by atoms with van der Waals surface area (Å²) in [6.07, 6.45) is 2.33. The average Bonchev–Trinajstić information content (AvgIpc) is 3.53. The first-order chi connectivity index (χ1) is 23.3. The normalized spacial score (nSPS) is 26.8. The SMILES string of the molecule is COc1ccc([Si](C)(C)[C@@H]2[C@@H](CC(=O)N3Cc4ccccc4C[C@H]3CO)O[C@]3(C(=O)N4c5c(cc(OC)cc53)C(C)=CC4(C)C)[C@H]2C)cc1. The number of aliphatic hydroxyl groups excluding tert-OH is 1. The van der Waals surface area contributed by atoms with E-state index in [9.17, 15) is 9.90 Å². The number of anilines is 1. The summed E-state index contributed by atoms with van der Waals surface area (Å²) in [5.41, 5.74) is 4.04. The Hall–Kier alpha value is -3.92. The quantitative estimate of drug-likeness (QED) is 0.318. The van der Waals surface area contributed by atoms with E-state index in [0.29, 0.717) is 18.7 Å². The minimum Gasteiger partial charge on any atom is -0.497 e. The Balaban J connectivity index is 1.35. The van der Waals surface area contributed by atoms with Crippen LogP contribution >= 0.6 is 0 Å². The molecule has 0 aromatic heterocycles. The number of hydrogen-bond donors (Lipinski definition) is 1. The molecule has 1 fully saturated rings. The number of benzene rings is 3. The third-order valence-electron chi connectivity index (χ3n) is 11.9. The molecule has 5 atom stereocenters. The molecule has 7 rings (SSSR count). The number of rotatable bonds is 7. The van der Waals surface area contributed by atoms with Crippen molar-refractivity contribution in [2.75, 3.05) is 25.7 Å². The molecule has 4 aliphatic rings. The van der Waals surface area contributed by atoms with E-state index in [1.807, 2.05) is 46.2 Å². The Labute approximate surface area is 290 Å². The van der Waals surface area contributed by atoms with Gasteiger partial charge in [-0.1, -0.05) is 67.7 Å². The van der Waals surface area contributed by atoms with E-state index in [1.165, 1.54) is 5.19 Å². The lowest BCUT2D eigenvalue weighted by molar-refractivity contribution is -0.151. The van der Waals surface area contributed by atoms with Gasteiger partial charge in [0.25, 0.3) is 5.91 Å². The van der Waals surface area contributed by atoms with Gasteiger partial charge in [0.1, 0.15) is 11.5 Å². The van der Waals surface area contributed by atoms with E-state index in [2.05, 4.69) is 71.1 Å². The third kappa shape index (κ3) is 4.99. The summed E-state index contributed by atoms with van der Waals surface area (Å²) in [5, 5.41) is 11.6. The van der Waals surface area contributed by atoms with Gasteiger partial charge in [-0.15, -0.1) is 0 Å². The molecule has 0 radical (unpaired) electrons. The number of amides is 2. The Kier molecular flexibility index (Phi) is 8.12. The fourth-order valence-corrected chi connectivity index (χ4v) is 13.5. The van der Waals surface area contributed by atoms with E-state index in [0.717, 1.165) is 39.3 Å². The fraction of sp³-hybridized carbons (Fsp3) is 0.450. The van der Waals surface area contributed by atoms with Crippen LogP contribution in [0.1, 0.15) is 56.4 Å². The Morgan fingerprint density at radius 2 is 1.69 bits per heavy atom. The summed E-state index contributed by atoms with van der Waals surface area (Å²) < 4.78 is 18.6. The highest BCUT2D eigenvalue weighted by Gasteiger charge is 2.68. The highest BCUT2D eigenvalue weighted by atomic mass is 28.3. The molecule has 1 spiro atoms. The van der Waals surface area contributed by atoms with E-state index in [-0.39, 0.29) is 42.3 Å². The van der Waals surface area contributed by atoms with Crippen LogP contribution in [0.3, 0.4) is 0 Å². The minimum atomic E-state index is -2.47. The highest BCUT2D eigenvalue weighted by Crippen LogP contribution is 2.63. The van der Waals surface area contributed by atoms with Crippen LogP contribution in [0.15, 0.2) is 66.7 Å². The molecule has 4 heterocycles. The van der Waals surface area contributed by atoms with Crippen molar-refractivity contribution in [3.63, 3.8) is 0 Å². The Morgan fingerprint density at radius 3 is 2.35 bits per heavy atom. The summed E-state index contributed by atoms with van der Waals surface area (Å²) >= 11 is 0. The van der Waals surface area contributed by atoms with Gasteiger partial charge in [0.2, 0.25) is 5.91 Å². The number of allylic oxidation sites excluding steroid dienone is 1. The first kappa shape index (κ1) is 33.6. The van der Waals surface area contributed by atoms with Crippen LogP contribution in [0.25, 0.3) is 5.57 Å². The van der Waals surface area contributed by atoms with Crippen molar-refractivity contribution < 1.29 is 28.9 Å². The van der Waals surface area contributed by atoms with Crippen LogP contribution in [0.4, 0.5) is 5.69 Å². The second-order valence-corrected chi connectivity index (χ2v) is 20.1. The lowest BCUT2D eigenvalue weighted by Gasteiger charge is -2.40. The molecule has 4 aliphatic heterocycles. The number of fused-ring (bicyclic) bond motifs is 2. The lowest BCUT2D eigenvalue weighted by atomic mass is 9.81. The molecule has 9 heteroatoms. The van der Waals surface area contributed by atoms with E-state index < -0.39 is 25.3 Å². The summed E-state index contributed by atoms with van der Waals surface area (Å²) in [4.78, 5) is 33.4. The number of carbonyl (C=O) groups excluding carboxylic acids is 2. The molecule has 0 unspecified atom stereocenters. The largest absolute Gasteiger partial charge is 0.497 e. The number of aliphatic hydroxyl groups is 1. The molecule has 3 aromatic rings. The van der Waals surface area contributed by atoms with Crippen molar-refractivity contribution in [1.29, 1.82) is 0 Å². The first-order valence-corrected chi connectivity index (χ1v) is 20.4. The predicted octanol–water partition coefficient (Wildman–Crippen LogP) is 5.80. The van der Waals surface area contributed by atoms with E-state index in [4.69, 9.17) is 14.2 Å². The summed E-state index contributed by atoms with van der Waals surface area (Å²) in [7, 11) is 0.846. The molecule has 0 aliphatic carbocycles. The van der Waals surface area contributed by atoms with Crippen molar-refractivity contribution >= 4 is 36.3 Å². The number of ether oxygens (including phenoxy) is 3. The molecular weight excluding hydrogens is 633 g/mol. The smallest absolute Gasteiger partial charge is 0.265 e. The maximum absolute atomic E-state index is 15.2. The minimum absolute atomic E-state index is 0.0663. The summed E-state index contributed by atoms with van der Waals surface area (Å²) in [5.74, 6) is 1.05. The molecule has 3 aromatic carbocycles. The average molecular weight is 681 g/mol. The second kappa shape index (κ2) is 11.9. The third-order valence-corrected chi connectivity index (χ3v) is 16.2. The Bertz CT molecular complexity index is 1850. The van der Waals surface area contributed by atoms with Crippen LogP contribution < -0.4 is 19.6 Å². The van der Waals surface area contributed by atoms with Crippen LogP contribution in [0.5, 0.6) is 11.5 Å². The van der Waals surface area contributed by atoms with Crippen LogP contribution in [0.2, 0.25) is 18.6 Å². The number of hydrogen-bond acceptors (Lipinski definition) is 6. The van der Waals surface area contributed by atoms with E-state index >= 15 is 4.79 Å². The molecule has 258 valence electrons. The summed E-state index contributed by atoms with van der Waals surface area (Å²) in [6.45, 7) is 13.3. The molecule has 1 N–H and O–H groups in total. The number of nitrogens with zero attached hydrogens (tertiary/aromatic N) is 2. The first-order valence-electron chi connectivity index (χ1n) is 17.3. The fourth-order valence-electron chi connectivity index (χ4n) is 9.51. The predicted molar refractivity (Wildman–Crippen MR) is 194 cm³/mol. The second-order valence-electron chi connectivity index (χ2n) is 15.4. The van der Waals surface area contributed by atoms with Crippen molar-refractivity contribution in [2.24, 2.45) is 5.92 Å². The number of methoxy groups -OCH3 is 2. The molecule has 0 bridgehead atoms. The topological polar surface area (TPSA) is 88.5 Å². The standard InChI is InChI=1S/C40H48N2O6Si/c1-24-21-39(3,4)42-36-32(24)18-30(47-6)19-33(36)40(38(42)45)25(2)37(49(7,8)31-15-13-29(46-5)14-16-31)34(48-40)20-35(44)41-22-27-12-10-9-11-26(27)17-28(41)23-43/h9-16,18-19,21,25,28,34,37,43H,17,20,22-23H2,1-8H3/t25-,28-,34+,37-,40+/m0/s1. The van der Waals surface area contributed by atoms with Crippen LogP contribution in [-0.4, -0.2) is 68.4 Å². The summed E-state index contributed by atoms with van der Waals surface area (Å²) in [6, 6.07) is 20.1. The van der Waals surface area contributed by atoms with Gasteiger partial charge >= 0.3 is 0 Å². The molecule has 2 amide bonds.